The smallest absolute Gasteiger partial charge is 0.226 e. The Bertz CT molecular complexity index is 531. The molecule has 2 aromatic rings. The Hall–Kier alpha value is -1.10. The van der Waals surface area contributed by atoms with Crippen molar-refractivity contribution in [3.8, 4) is 0 Å². The molecule has 0 saturated carbocycles. The van der Waals surface area contributed by atoms with Crippen molar-refractivity contribution in [1.29, 1.82) is 0 Å². The van der Waals surface area contributed by atoms with Crippen LogP contribution < -0.4 is 5.32 Å². The average molecular weight is 316 g/mol. The fourth-order valence-corrected chi connectivity index (χ4v) is 2.02. The molecule has 0 fully saturated rings. The van der Waals surface area contributed by atoms with Gasteiger partial charge in [0.25, 0.3) is 0 Å². The van der Waals surface area contributed by atoms with Crippen molar-refractivity contribution in [2.75, 3.05) is 7.05 Å². The minimum absolute atomic E-state index is 0. The number of halogens is 2. The Morgan fingerprint density at radius 1 is 1.30 bits per heavy atom. The van der Waals surface area contributed by atoms with Gasteiger partial charge in [-0.3, -0.25) is 0 Å². The molecular weight excluding hydrogens is 297 g/mol. The van der Waals surface area contributed by atoms with Gasteiger partial charge in [-0.1, -0.05) is 35.0 Å². The van der Waals surface area contributed by atoms with Crippen LogP contribution in [0.1, 0.15) is 24.2 Å². The molecule has 0 amide bonds. The summed E-state index contributed by atoms with van der Waals surface area (Å²) < 4.78 is 5.24. The molecule has 1 aromatic heterocycles. The normalized spacial score (nSPS) is 11.9. The first kappa shape index (κ1) is 17.0. The summed E-state index contributed by atoms with van der Waals surface area (Å²) in [6, 6.07) is 8.16. The standard InChI is InChI=1S/C14H18ClN3O.ClH/c1-10(16-2)9-13-17-14(19-18-13)8-7-11-5-3-4-6-12(11)15;/h3-6,10,16H,7-9H2,1-2H3;1H. The zero-order chi connectivity index (χ0) is 13.7. The maximum atomic E-state index is 6.11. The van der Waals surface area contributed by atoms with Gasteiger partial charge < -0.3 is 9.84 Å². The highest BCUT2D eigenvalue weighted by Gasteiger charge is 2.10. The lowest BCUT2D eigenvalue weighted by molar-refractivity contribution is 0.371. The maximum absolute atomic E-state index is 6.11. The van der Waals surface area contributed by atoms with E-state index >= 15 is 0 Å². The third-order valence-corrected chi connectivity index (χ3v) is 3.43. The van der Waals surface area contributed by atoms with Gasteiger partial charge in [0.2, 0.25) is 5.89 Å². The van der Waals surface area contributed by atoms with Crippen LogP contribution in [0.2, 0.25) is 5.02 Å². The second-order valence-corrected chi connectivity index (χ2v) is 5.00. The molecule has 110 valence electrons. The van der Waals surface area contributed by atoms with Gasteiger partial charge in [-0.15, -0.1) is 12.4 Å². The molecule has 0 aliphatic rings. The van der Waals surface area contributed by atoms with Crippen molar-refractivity contribution in [1.82, 2.24) is 15.5 Å². The third-order valence-electron chi connectivity index (χ3n) is 3.06. The van der Waals surface area contributed by atoms with Crippen LogP contribution in [-0.2, 0) is 19.3 Å². The van der Waals surface area contributed by atoms with Crippen molar-refractivity contribution in [2.24, 2.45) is 0 Å². The third kappa shape index (κ3) is 4.78. The number of nitrogens with zero attached hydrogens (tertiary/aromatic N) is 2. The number of likely N-dealkylation sites (N-methyl/N-ethyl adjacent to an activating group) is 1. The van der Waals surface area contributed by atoms with Gasteiger partial charge in [-0.05, 0) is 32.0 Å². The highest BCUT2D eigenvalue weighted by Crippen LogP contribution is 2.16. The SMILES string of the molecule is CNC(C)Cc1noc(CCc2ccccc2Cl)n1.Cl. The van der Waals surface area contributed by atoms with Crippen molar-refractivity contribution >= 4 is 24.0 Å². The Morgan fingerprint density at radius 3 is 2.75 bits per heavy atom. The largest absolute Gasteiger partial charge is 0.339 e. The highest BCUT2D eigenvalue weighted by atomic mass is 35.5. The number of rotatable bonds is 6. The van der Waals surface area contributed by atoms with E-state index in [9.17, 15) is 0 Å². The molecule has 2 rings (SSSR count). The van der Waals surface area contributed by atoms with Gasteiger partial charge in [0, 0.05) is 23.9 Å². The first-order valence-electron chi connectivity index (χ1n) is 6.41. The van der Waals surface area contributed by atoms with Crippen LogP contribution in [0.4, 0.5) is 0 Å². The first-order valence-corrected chi connectivity index (χ1v) is 6.79. The van der Waals surface area contributed by atoms with Gasteiger partial charge in [-0.25, -0.2) is 0 Å². The molecule has 1 unspecified atom stereocenters. The average Bonchev–Trinajstić information content (AvgIpc) is 2.85. The van der Waals surface area contributed by atoms with Crippen molar-refractivity contribution in [2.45, 2.75) is 32.2 Å². The molecule has 0 spiro atoms. The molecule has 20 heavy (non-hydrogen) atoms. The predicted octanol–water partition coefficient (Wildman–Crippen LogP) is 3.08. The van der Waals surface area contributed by atoms with Crippen molar-refractivity contribution < 1.29 is 4.52 Å². The molecule has 0 radical (unpaired) electrons. The summed E-state index contributed by atoms with van der Waals surface area (Å²) in [4.78, 5) is 4.38. The Morgan fingerprint density at radius 2 is 2.05 bits per heavy atom. The Labute approximate surface area is 130 Å². The lowest BCUT2D eigenvalue weighted by Crippen LogP contribution is -2.24. The van der Waals surface area contributed by atoms with E-state index in [1.54, 1.807) is 0 Å². The number of aryl methyl sites for hydroxylation is 2. The molecular formula is C14H19Cl2N3O. The van der Waals surface area contributed by atoms with E-state index in [4.69, 9.17) is 16.1 Å². The summed E-state index contributed by atoms with van der Waals surface area (Å²) in [5.74, 6) is 1.41. The van der Waals surface area contributed by atoms with Gasteiger partial charge >= 0.3 is 0 Å². The molecule has 0 saturated heterocycles. The number of benzene rings is 1. The topological polar surface area (TPSA) is 51.0 Å². The second kappa shape index (κ2) is 8.25. The predicted molar refractivity (Wildman–Crippen MR) is 82.6 cm³/mol. The molecule has 6 heteroatoms. The van der Waals surface area contributed by atoms with E-state index in [1.165, 1.54) is 0 Å². The van der Waals surface area contributed by atoms with E-state index in [0.717, 1.165) is 29.3 Å². The minimum atomic E-state index is 0. The summed E-state index contributed by atoms with van der Waals surface area (Å²) in [5, 5.41) is 7.91. The lowest BCUT2D eigenvalue weighted by Gasteiger charge is -2.04. The monoisotopic (exact) mass is 315 g/mol. The number of hydrogen-bond acceptors (Lipinski definition) is 4. The van der Waals surface area contributed by atoms with Gasteiger partial charge in [-0.2, -0.15) is 4.98 Å². The zero-order valence-corrected chi connectivity index (χ0v) is 13.2. The Kier molecular flexibility index (Phi) is 6.99. The van der Waals surface area contributed by atoms with Crippen LogP contribution in [0.3, 0.4) is 0 Å². The van der Waals surface area contributed by atoms with Crippen LogP contribution in [0.15, 0.2) is 28.8 Å². The van der Waals surface area contributed by atoms with Gasteiger partial charge in [0.05, 0.1) is 0 Å². The maximum Gasteiger partial charge on any atom is 0.226 e. The summed E-state index contributed by atoms with van der Waals surface area (Å²) in [6.45, 7) is 2.08. The van der Waals surface area contributed by atoms with Crippen LogP contribution >= 0.6 is 24.0 Å². The van der Waals surface area contributed by atoms with Crippen LogP contribution in [-0.4, -0.2) is 23.2 Å². The number of hydrogen-bond donors (Lipinski definition) is 1. The number of nitrogens with one attached hydrogen (secondary N) is 1. The molecule has 1 aromatic carbocycles. The fraction of sp³-hybridized carbons (Fsp3) is 0.429. The lowest BCUT2D eigenvalue weighted by atomic mass is 10.1. The second-order valence-electron chi connectivity index (χ2n) is 4.59. The molecule has 1 N–H and O–H groups in total. The summed E-state index contributed by atoms with van der Waals surface area (Å²) >= 11 is 6.11. The number of aromatic nitrogens is 2. The Balaban J connectivity index is 0.00000200. The van der Waals surface area contributed by atoms with E-state index in [-0.39, 0.29) is 12.4 Å². The van der Waals surface area contributed by atoms with Crippen molar-refractivity contribution in [3.05, 3.63) is 46.6 Å². The zero-order valence-electron chi connectivity index (χ0n) is 11.6. The summed E-state index contributed by atoms with van der Waals surface area (Å²) in [5.41, 5.74) is 1.10. The van der Waals surface area contributed by atoms with Crippen molar-refractivity contribution in [3.63, 3.8) is 0 Å². The van der Waals surface area contributed by atoms with E-state index in [1.807, 2.05) is 31.3 Å². The van der Waals surface area contributed by atoms with Crippen LogP contribution in [0, 0.1) is 0 Å². The minimum Gasteiger partial charge on any atom is -0.339 e. The molecule has 1 heterocycles. The van der Waals surface area contributed by atoms with Gasteiger partial charge in [0.15, 0.2) is 5.82 Å². The van der Waals surface area contributed by atoms with E-state index in [0.29, 0.717) is 18.4 Å². The van der Waals surface area contributed by atoms with Crippen LogP contribution in [0.25, 0.3) is 0 Å². The quantitative estimate of drug-likeness (QED) is 0.890. The summed E-state index contributed by atoms with van der Waals surface area (Å²) in [6.07, 6.45) is 2.29. The van der Waals surface area contributed by atoms with Gasteiger partial charge in [0.1, 0.15) is 0 Å². The molecule has 4 nitrogen and oxygen atoms in total. The van der Waals surface area contributed by atoms with E-state index in [2.05, 4.69) is 22.4 Å². The molecule has 1 atom stereocenters. The fourth-order valence-electron chi connectivity index (χ4n) is 1.79. The summed E-state index contributed by atoms with van der Waals surface area (Å²) in [7, 11) is 1.92. The first-order chi connectivity index (χ1) is 9.19. The van der Waals surface area contributed by atoms with Crippen LogP contribution in [0.5, 0.6) is 0 Å². The highest BCUT2D eigenvalue weighted by molar-refractivity contribution is 6.31. The van der Waals surface area contributed by atoms with E-state index < -0.39 is 0 Å². The molecule has 0 bridgehead atoms. The molecule has 0 aliphatic carbocycles. The molecule has 0 aliphatic heterocycles.